The fourth-order valence-electron chi connectivity index (χ4n) is 3.55. The van der Waals surface area contributed by atoms with Crippen molar-refractivity contribution in [2.24, 2.45) is 0 Å². The molecule has 130 valence electrons. The van der Waals surface area contributed by atoms with E-state index in [0.717, 1.165) is 12.8 Å². The number of hydrogen-bond acceptors (Lipinski definition) is 4. The van der Waals surface area contributed by atoms with Gasteiger partial charge in [-0.15, -0.1) is 0 Å². The molecule has 6 nitrogen and oxygen atoms in total. The van der Waals surface area contributed by atoms with Gasteiger partial charge in [0.2, 0.25) is 0 Å². The van der Waals surface area contributed by atoms with Gasteiger partial charge in [-0.3, -0.25) is 9.59 Å². The quantitative estimate of drug-likeness (QED) is 0.885. The van der Waals surface area contributed by atoms with Crippen molar-refractivity contribution in [3.05, 3.63) is 23.8 Å². The van der Waals surface area contributed by atoms with E-state index in [2.05, 4.69) is 29.6 Å². The second-order valence-electron chi connectivity index (χ2n) is 6.91. The third-order valence-corrected chi connectivity index (χ3v) is 5.19. The number of likely N-dealkylation sites (N-methyl/N-ethyl adjacent to an activating group) is 1. The fourth-order valence-corrected chi connectivity index (χ4v) is 3.55. The average molecular weight is 331 g/mol. The molecule has 0 radical (unpaired) electrons. The molecular formula is C18H25N3O3. The lowest BCUT2D eigenvalue weighted by Crippen LogP contribution is -2.53. The van der Waals surface area contributed by atoms with Gasteiger partial charge in [-0.25, -0.2) is 0 Å². The number of nitrogens with zero attached hydrogens (tertiary/aromatic N) is 1. The summed E-state index contributed by atoms with van der Waals surface area (Å²) < 4.78 is 5.38. The van der Waals surface area contributed by atoms with Gasteiger partial charge < -0.3 is 20.3 Å². The van der Waals surface area contributed by atoms with Crippen molar-refractivity contribution in [1.82, 2.24) is 10.2 Å². The molecule has 1 heterocycles. The molecular weight excluding hydrogens is 306 g/mol. The number of nitrogens with one attached hydrogen (secondary N) is 2. The van der Waals surface area contributed by atoms with Crippen molar-refractivity contribution in [2.75, 3.05) is 32.6 Å². The molecule has 6 heteroatoms. The first kappa shape index (κ1) is 16.8. The predicted molar refractivity (Wildman–Crippen MR) is 92.4 cm³/mol. The van der Waals surface area contributed by atoms with Crippen LogP contribution in [0.15, 0.2) is 18.2 Å². The second kappa shape index (κ2) is 6.81. The van der Waals surface area contributed by atoms with Crippen LogP contribution < -0.4 is 15.4 Å². The van der Waals surface area contributed by atoms with Crippen LogP contribution in [0.25, 0.3) is 0 Å². The Morgan fingerprint density at radius 1 is 1.29 bits per heavy atom. The van der Waals surface area contributed by atoms with Crippen LogP contribution in [0.3, 0.4) is 0 Å². The highest BCUT2D eigenvalue weighted by Gasteiger charge is 2.34. The van der Waals surface area contributed by atoms with E-state index in [9.17, 15) is 9.59 Å². The van der Waals surface area contributed by atoms with Crippen molar-refractivity contribution >= 4 is 17.5 Å². The molecule has 0 unspecified atom stereocenters. The summed E-state index contributed by atoms with van der Waals surface area (Å²) in [4.78, 5) is 26.1. The largest absolute Gasteiger partial charge is 0.482 e. The van der Waals surface area contributed by atoms with Crippen molar-refractivity contribution in [3.63, 3.8) is 0 Å². The van der Waals surface area contributed by atoms with Crippen LogP contribution >= 0.6 is 0 Å². The number of rotatable bonds is 4. The zero-order valence-electron chi connectivity index (χ0n) is 14.4. The van der Waals surface area contributed by atoms with Gasteiger partial charge in [-0.05, 0) is 45.1 Å². The number of amides is 2. The lowest BCUT2D eigenvalue weighted by Gasteiger charge is -2.43. The Morgan fingerprint density at radius 2 is 2.04 bits per heavy atom. The molecule has 2 amide bonds. The Kier molecular flexibility index (Phi) is 4.76. The van der Waals surface area contributed by atoms with Crippen molar-refractivity contribution in [3.8, 4) is 5.75 Å². The average Bonchev–Trinajstić information content (AvgIpc) is 2.60. The van der Waals surface area contributed by atoms with Crippen molar-refractivity contribution in [2.45, 2.75) is 37.6 Å². The third kappa shape index (κ3) is 3.38. The van der Waals surface area contributed by atoms with E-state index in [4.69, 9.17) is 4.74 Å². The number of ether oxygens (including phenoxy) is 1. The van der Waals surface area contributed by atoms with E-state index in [1.165, 1.54) is 19.3 Å². The highest BCUT2D eigenvalue weighted by atomic mass is 16.5. The molecule has 1 aliphatic heterocycles. The molecule has 0 aromatic heterocycles. The van der Waals surface area contributed by atoms with Crippen LogP contribution in [0.5, 0.6) is 5.75 Å². The van der Waals surface area contributed by atoms with Crippen LogP contribution in [0, 0.1) is 0 Å². The molecule has 1 aliphatic carbocycles. The van der Waals surface area contributed by atoms with Gasteiger partial charge in [0.1, 0.15) is 5.75 Å². The summed E-state index contributed by atoms with van der Waals surface area (Å²) >= 11 is 0. The van der Waals surface area contributed by atoms with Gasteiger partial charge >= 0.3 is 0 Å². The molecule has 0 atom stereocenters. The van der Waals surface area contributed by atoms with Gasteiger partial charge in [0.15, 0.2) is 6.61 Å². The molecule has 0 bridgehead atoms. The maximum Gasteiger partial charge on any atom is 0.262 e. The Hall–Kier alpha value is -2.08. The van der Waals surface area contributed by atoms with Gasteiger partial charge in [-0.2, -0.15) is 0 Å². The lowest BCUT2D eigenvalue weighted by atomic mass is 9.80. The molecule has 0 spiro atoms. The maximum atomic E-state index is 12.5. The zero-order valence-corrected chi connectivity index (χ0v) is 14.4. The second-order valence-corrected chi connectivity index (χ2v) is 6.91. The first-order valence-electron chi connectivity index (χ1n) is 8.52. The Bertz CT molecular complexity index is 636. The van der Waals surface area contributed by atoms with E-state index >= 15 is 0 Å². The summed E-state index contributed by atoms with van der Waals surface area (Å²) in [6.45, 7) is 0.634. The summed E-state index contributed by atoms with van der Waals surface area (Å²) in [5.74, 6) is 0.261. The molecule has 2 N–H and O–H groups in total. The monoisotopic (exact) mass is 331 g/mol. The number of carbonyl (C=O) groups is 2. The van der Waals surface area contributed by atoms with E-state index in [0.29, 0.717) is 23.5 Å². The minimum atomic E-state index is -0.176. The summed E-state index contributed by atoms with van der Waals surface area (Å²) in [7, 11) is 4.18. The van der Waals surface area contributed by atoms with Crippen LogP contribution in [-0.2, 0) is 4.79 Å². The molecule has 1 aromatic carbocycles. The molecule has 2 aliphatic rings. The van der Waals surface area contributed by atoms with Crippen LogP contribution in [0.2, 0.25) is 0 Å². The van der Waals surface area contributed by atoms with E-state index < -0.39 is 0 Å². The summed E-state index contributed by atoms with van der Waals surface area (Å²) in [6.07, 6.45) is 5.91. The van der Waals surface area contributed by atoms with E-state index in [-0.39, 0.29) is 24.0 Å². The fraction of sp³-hybridized carbons (Fsp3) is 0.556. The van der Waals surface area contributed by atoms with Gasteiger partial charge in [0.25, 0.3) is 11.8 Å². The van der Waals surface area contributed by atoms with Gasteiger partial charge in [-0.1, -0.05) is 19.3 Å². The smallest absolute Gasteiger partial charge is 0.262 e. The number of hydrogen-bond donors (Lipinski definition) is 2. The minimum absolute atomic E-state index is 0.0121. The van der Waals surface area contributed by atoms with Crippen LogP contribution in [-0.4, -0.2) is 49.5 Å². The third-order valence-electron chi connectivity index (χ3n) is 5.19. The Labute approximate surface area is 142 Å². The molecule has 0 saturated heterocycles. The van der Waals surface area contributed by atoms with Crippen molar-refractivity contribution < 1.29 is 14.3 Å². The standard InChI is InChI=1S/C18H25N3O3/c1-21(2)18(8-4-3-5-9-18)12-19-17(23)13-6-7-14-15(10-13)24-11-16(22)20-14/h6-7,10H,3-5,8-9,11-12H2,1-2H3,(H,19,23)(H,20,22). The number of fused-ring (bicyclic) bond motifs is 1. The Morgan fingerprint density at radius 3 is 2.75 bits per heavy atom. The normalized spacial score (nSPS) is 19.2. The number of anilines is 1. The first-order valence-corrected chi connectivity index (χ1v) is 8.52. The molecule has 3 rings (SSSR count). The Balaban J connectivity index is 1.67. The first-order chi connectivity index (χ1) is 11.5. The van der Waals surface area contributed by atoms with Crippen LogP contribution in [0.1, 0.15) is 42.5 Å². The van der Waals surface area contributed by atoms with Gasteiger partial charge in [0, 0.05) is 17.6 Å². The zero-order chi connectivity index (χ0) is 17.2. The number of benzene rings is 1. The SMILES string of the molecule is CN(C)C1(CNC(=O)c2ccc3c(c2)OCC(=O)N3)CCCCC1. The van der Waals surface area contributed by atoms with Gasteiger partial charge in [0.05, 0.1) is 5.69 Å². The van der Waals surface area contributed by atoms with Crippen LogP contribution in [0.4, 0.5) is 5.69 Å². The minimum Gasteiger partial charge on any atom is -0.482 e. The van der Waals surface area contributed by atoms with Crippen molar-refractivity contribution in [1.29, 1.82) is 0 Å². The topological polar surface area (TPSA) is 70.7 Å². The molecule has 1 saturated carbocycles. The highest BCUT2D eigenvalue weighted by Crippen LogP contribution is 2.32. The molecule has 24 heavy (non-hydrogen) atoms. The molecule has 1 fully saturated rings. The van der Waals surface area contributed by atoms with E-state index in [1.807, 2.05) is 0 Å². The maximum absolute atomic E-state index is 12.5. The summed E-state index contributed by atoms with van der Waals surface area (Å²) in [6, 6.07) is 5.11. The summed E-state index contributed by atoms with van der Waals surface area (Å²) in [5.41, 5.74) is 1.21. The highest BCUT2D eigenvalue weighted by molar-refractivity contribution is 5.99. The molecule has 1 aromatic rings. The predicted octanol–water partition coefficient (Wildman–Crippen LogP) is 2.01. The lowest BCUT2D eigenvalue weighted by molar-refractivity contribution is -0.118. The summed E-state index contributed by atoms with van der Waals surface area (Å²) in [5, 5.41) is 5.81. The van der Waals surface area contributed by atoms with E-state index in [1.54, 1.807) is 18.2 Å². The number of carbonyl (C=O) groups excluding carboxylic acids is 2.